The van der Waals surface area contributed by atoms with Crippen molar-refractivity contribution in [2.45, 2.75) is 10.4 Å². The van der Waals surface area contributed by atoms with Crippen LogP contribution in [0.1, 0.15) is 0 Å². The Morgan fingerprint density at radius 2 is 1.56 bits per heavy atom. The minimum absolute atomic E-state index is 0.127. The van der Waals surface area contributed by atoms with Crippen molar-refractivity contribution >= 4 is 17.4 Å². The van der Waals surface area contributed by atoms with Crippen LogP contribution >= 0.6 is 11.8 Å². The van der Waals surface area contributed by atoms with Crippen LogP contribution in [0.5, 0.6) is 0 Å². The summed E-state index contributed by atoms with van der Waals surface area (Å²) >= 11 is -0.154. The van der Waals surface area contributed by atoms with E-state index in [9.17, 15) is 13.2 Å². The molecule has 0 unspecified atom stereocenters. The summed E-state index contributed by atoms with van der Waals surface area (Å²) in [5, 5.41) is 0. The Morgan fingerprint density at radius 1 is 1.00 bits per heavy atom. The number of hydrogen-bond acceptors (Lipinski definition) is 4. The predicted molar refractivity (Wildman–Crippen MR) is 63.8 cm³/mol. The Hall–Kier alpha value is -1.76. The third kappa shape index (κ3) is 3.36. The number of nitrogens with two attached hydrogens (primary N) is 1. The lowest BCUT2D eigenvalue weighted by molar-refractivity contribution is -0.0328. The molecule has 0 aliphatic carbocycles. The second-order valence-corrected chi connectivity index (χ2v) is 4.55. The smallest absolute Gasteiger partial charge is 0.396 e. The number of hydrogen-bond donors (Lipinski definition) is 1. The highest BCUT2D eigenvalue weighted by molar-refractivity contribution is 8.00. The topological polar surface area (TPSA) is 51.8 Å². The van der Waals surface area contributed by atoms with Gasteiger partial charge in [-0.25, -0.2) is 9.97 Å². The number of thioether (sulfide) groups is 1. The molecule has 0 atom stereocenters. The molecule has 2 aromatic rings. The van der Waals surface area contributed by atoms with Gasteiger partial charge in [-0.1, -0.05) is 12.1 Å². The molecule has 0 spiro atoms. The molecule has 0 saturated heterocycles. The molecule has 1 heterocycles. The molecular formula is C11H8F3N3S. The van der Waals surface area contributed by atoms with E-state index in [1.807, 2.05) is 0 Å². The molecule has 1 aromatic carbocycles. The van der Waals surface area contributed by atoms with Gasteiger partial charge in [0.1, 0.15) is 0 Å². The number of rotatable bonds is 2. The van der Waals surface area contributed by atoms with Crippen LogP contribution in [0.3, 0.4) is 0 Å². The van der Waals surface area contributed by atoms with Gasteiger partial charge in [-0.2, -0.15) is 13.2 Å². The Bertz CT molecular complexity index is 523. The van der Waals surface area contributed by atoms with Crippen molar-refractivity contribution in [2.24, 2.45) is 0 Å². The molecule has 18 heavy (non-hydrogen) atoms. The summed E-state index contributed by atoms with van der Waals surface area (Å²) in [6.45, 7) is 0. The zero-order valence-electron chi connectivity index (χ0n) is 8.98. The van der Waals surface area contributed by atoms with Crippen molar-refractivity contribution in [3.63, 3.8) is 0 Å². The van der Waals surface area contributed by atoms with Gasteiger partial charge in [-0.05, 0) is 23.9 Å². The van der Waals surface area contributed by atoms with Crippen LogP contribution < -0.4 is 5.73 Å². The fourth-order valence-corrected chi connectivity index (χ4v) is 1.83. The zero-order valence-corrected chi connectivity index (χ0v) is 9.79. The number of nitrogens with zero attached hydrogens (tertiary/aromatic N) is 2. The number of aromatic nitrogens is 2. The van der Waals surface area contributed by atoms with Gasteiger partial charge >= 0.3 is 5.51 Å². The largest absolute Gasteiger partial charge is 0.446 e. The van der Waals surface area contributed by atoms with Crippen LogP contribution in [0, 0.1) is 0 Å². The summed E-state index contributed by atoms with van der Waals surface area (Å²) in [4.78, 5) is 8.10. The Morgan fingerprint density at radius 3 is 2.06 bits per heavy atom. The van der Waals surface area contributed by atoms with Gasteiger partial charge in [-0.3, -0.25) is 0 Å². The Balaban J connectivity index is 2.20. The molecule has 2 rings (SSSR count). The third-order valence-corrected chi connectivity index (χ3v) is 2.76. The van der Waals surface area contributed by atoms with Gasteiger partial charge < -0.3 is 5.73 Å². The molecular weight excluding hydrogens is 263 g/mol. The maximum absolute atomic E-state index is 12.1. The van der Waals surface area contributed by atoms with Gasteiger partial charge in [-0.15, -0.1) is 0 Å². The maximum Gasteiger partial charge on any atom is 0.446 e. The van der Waals surface area contributed by atoms with Crippen LogP contribution in [0.15, 0.2) is 41.6 Å². The first-order valence-corrected chi connectivity index (χ1v) is 5.69. The first kappa shape index (κ1) is 12.7. The Kier molecular flexibility index (Phi) is 3.42. The first-order valence-electron chi connectivity index (χ1n) is 4.88. The molecule has 0 radical (unpaired) electrons. The van der Waals surface area contributed by atoms with E-state index in [0.717, 1.165) is 0 Å². The first-order chi connectivity index (χ1) is 8.44. The van der Waals surface area contributed by atoms with Crippen molar-refractivity contribution < 1.29 is 13.2 Å². The molecule has 0 saturated carbocycles. The van der Waals surface area contributed by atoms with Crippen molar-refractivity contribution in [3.8, 4) is 11.4 Å². The van der Waals surface area contributed by atoms with Crippen LogP contribution in [0.2, 0.25) is 0 Å². The molecule has 2 N–H and O–H groups in total. The van der Waals surface area contributed by atoms with Gasteiger partial charge in [0.2, 0.25) is 0 Å². The van der Waals surface area contributed by atoms with Crippen LogP contribution in [-0.4, -0.2) is 15.5 Å². The van der Waals surface area contributed by atoms with E-state index >= 15 is 0 Å². The molecule has 0 amide bonds. The monoisotopic (exact) mass is 271 g/mol. The number of anilines is 1. The summed E-state index contributed by atoms with van der Waals surface area (Å²) in [6.07, 6.45) is 2.89. The number of halogens is 3. The molecule has 7 heteroatoms. The average Bonchev–Trinajstić information content (AvgIpc) is 2.29. The quantitative estimate of drug-likeness (QED) is 0.851. The highest BCUT2D eigenvalue weighted by Gasteiger charge is 2.29. The van der Waals surface area contributed by atoms with Crippen molar-refractivity contribution in [1.29, 1.82) is 0 Å². The SMILES string of the molecule is Nc1cnc(-c2ccc(SC(F)(F)F)cc2)nc1. The van der Waals surface area contributed by atoms with E-state index in [4.69, 9.17) is 5.73 Å². The van der Waals surface area contributed by atoms with Gasteiger partial charge in [0, 0.05) is 10.5 Å². The van der Waals surface area contributed by atoms with Gasteiger partial charge in [0.05, 0.1) is 18.1 Å². The number of nitrogen functional groups attached to an aromatic ring is 1. The number of benzene rings is 1. The molecule has 94 valence electrons. The molecule has 0 fully saturated rings. The van der Waals surface area contributed by atoms with Gasteiger partial charge in [0.25, 0.3) is 0 Å². The van der Waals surface area contributed by atoms with E-state index in [0.29, 0.717) is 17.1 Å². The second kappa shape index (κ2) is 4.85. The van der Waals surface area contributed by atoms with E-state index in [1.54, 1.807) is 12.1 Å². The fraction of sp³-hybridized carbons (Fsp3) is 0.0909. The minimum atomic E-state index is -4.28. The van der Waals surface area contributed by atoms with Crippen LogP contribution in [-0.2, 0) is 0 Å². The summed E-state index contributed by atoms with van der Waals surface area (Å²) < 4.78 is 36.4. The summed E-state index contributed by atoms with van der Waals surface area (Å²) in [5.41, 5.74) is 2.24. The fourth-order valence-electron chi connectivity index (χ4n) is 1.29. The molecule has 0 bridgehead atoms. The molecule has 1 aromatic heterocycles. The zero-order chi connectivity index (χ0) is 13.2. The summed E-state index contributed by atoms with van der Waals surface area (Å²) in [7, 11) is 0. The second-order valence-electron chi connectivity index (χ2n) is 3.41. The number of alkyl halides is 3. The molecule has 0 aliphatic rings. The van der Waals surface area contributed by atoms with E-state index in [1.165, 1.54) is 24.5 Å². The minimum Gasteiger partial charge on any atom is -0.396 e. The van der Waals surface area contributed by atoms with E-state index < -0.39 is 5.51 Å². The lowest BCUT2D eigenvalue weighted by Crippen LogP contribution is -1.98. The van der Waals surface area contributed by atoms with E-state index in [-0.39, 0.29) is 16.7 Å². The highest BCUT2D eigenvalue weighted by atomic mass is 32.2. The maximum atomic E-state index is 12.1. The third-order valence-electron chi connectivity index (χ3n) is 2.02. The normalized spacial score (nSPS) is 11.5. The standard InChI is InChI=1S/C11H8F3N3S/c12-11(13,14)18-9-3-1-7(2-4-9)10-16-5-8(15)6-17-10/h1-6H,15H2. The average molecular weight is 271 g/mol. The van der Waals surface area contributed by atoms with Crippen molar-refractivity contribution in [2.75, 3.05) is 5.73 Å². The van der Waals surface area contributed by atoms with Crippen molar-refractivity contribution in [1.82, 2.24) is 9.97 Å². The Labute approximate surface area is 105 Å². The molecule has 3 nitrogen and oxygen atoms in total. The molecule has 0 aliphatic heterocycles. The van der Waals surface area contributed by atoms with E-state index in [2.05, 4.69) is 9.97 Å². The van der Waals surface area contributed by atoms with Gasteiger partial charge in [0.15, 0.2) is 5.82 Å². The lowest BCUT2D eigenvalue weighted by Gasteiger charge is -2.06. The lowest BCUT2D eigenvalue weighted by atomic mass is 10.2. The summed E-state index contributed by atoms with van der Waals surface area (Å²) in [5.74, 6) is 0.424. The van der Waals surface area contributed by atoms with Crippen LogP contribution in [0.25, 0.3) is 11.4 Å². The summed E-state index contributed by atoms with van der Waals surface area (Å²) in [6, 6.07) is 5.85. The van der Waals surface area contributed by atoms with Crippen LogP contribution in [0.4, 0.5) is 18.9 Å². The highest BCUT2D eigenvalue weighted by Crippen LogP contribution is 2.37. The van der Waals surface area contributed by atoms with Crippen molar-refractivity contribution in [3.05, 3.63) is 36.7 Å². The predicted octanol–water partition coefficient (Wildman–Crippen LogP) is 3.34.